The predicted octanol–water partition coefficient (Wildman–Crippen LogP) is 2.59. The molecule has 0 bridgehead atoms. The molecule has 0 radical (unpaired) electrons. The first-order valence-corrected chi connectivity index (χ1v) is 7.09. The fourth-order valence-corrected chi connectivity index (χ4v) is 1.92. The van der Waals surface area contributed by atoms with E-state index >= 15 is 0 Å². The van der Waals surface area contributed by atoms with Gasteiger partial charge in [0.2, 0.25) is 0 Å². The highest BCUT2D eigenvalue weighted by Crippen LogP contribution is 2.28. The molecule has 7 heteroatoms. The molecule has 1 aliphatic carbocycles. The minimum Gasteiger partial charge on any atom is -0.478 e. The van der Waals surface area contributed by atoms with Crippen molar-refractivity contribution in [3.8, 4) is 0 Å². The number of ether oxygens (including phenoxy) is 1. The number of carboxylic acids is 1. The van der Waals surface area contributed by atoms with Crippen molar-refractivity contribution in [2.24, 2.45) is 5.92 Å². The molecule has 1 aromatic rings. The van der Waals surface area contributed by atoms with Crippen molar-refractivity contribution < 1.29 is 19.4 Å². The van der Waals surface area contributed by atoms with Gasteiger partial charge in [0.25, 0.3) is 0 Å². The number of hydrogen-bond donors (Lipinski definition) is 3. The average molecular weight is 313 g/mol. The third-order valence-corrected chi connectivity index (χ3v) is 3.36. The largest absolute Gasteiger partial charge is 0.478 e. The van der Waals surface area contributed by atoms with Crippen LogP contribution in [0.1, 0.15) is 23.2 Å². The van der Waals surface area contributed by atoms with Crippen LogP contribution in [0.2, 0.25) is 5.02 Å². The summed E-state index contributed by atoms with van der Waals surface area (Å²) >= 11 is 5.91. The Bertz CT molecular complexity index is 532. The Kier molecular flexibility index (Phi) is 5.41. The number of anilines is 1. The van der Waals surface area contributed by atoms with Crippen LogP contribution in [0.15, 0.2) is 18.2 Å². The van der Waals surface area contributed by atoms with Crippen molar-refractivity contribution in [2.45, 2.75) is 12.8 Å². The van der Waals surface area contributed by atoms with Crippen molar-refractivity contribution in [1.29, 1.82) is 0 Å². The maximum absolute atomic E-state index is 11.6. The second kappa shape index (κ2) is 7.28. The summed E-state index contributed by atoms with van der Waals surface area (Å²) in [6.07, 6.45) is 2.47. The highest BCUT2D eigenvalue weighted by atomic mass is 35.5. The molecule has 0 aliphatic heterocycles. The van der Waals surface area contributed by atoms with Gasteiger partial charge in [0.15, 0.2) is 0 Å². The van der Waals surface area contributed by atoms with Crippen LogP contribution < -0.4 is 10.6 Å². The third-order valence-electron chi connectivity index (χ3n) is 3.05. The summed E-state index contributed by atoms with van der Waals surface area (Å²) in [6.45, 7) is 1.63. The Morgan fingerprint density at radius 3 is 2.76 bits per heavy atom. The van der Waals surface area contributed by atoms with Crippen LogP contribution in [0.25, 0.3) is 0 Å². The van der Waals surface area contributed by atoms with Gasteiger partial charge in [-0.25, -0.2) is 9.59 Å². The van der Waals surface area contributed by atoms with Crippen molar-refractivity contribution in [3.63, 3.8) is 0 Å². The van der Waals surface area contributed by atoms with E-state index in [9.17, 15) is 9.59 Å². The number of amides is 2. The van der Waals surface area contributed by atoms with Gasteiger partial charge in [-0.1, -0.05) is 11.6 Å². The van der Waals surface area contributed by atoms with E-state index in [0.717, 1.165) is 6.61 Å². The van der Waals surface area contributed by atoms with Gasteiger partial charge in [0.1, 0.15) is 0 Å². The van der Waals surface area contributed by atoms with Crippen LogP contribution >= 0.6 is 11.6 Å². The summed E-state index contributed by atoms with van der Waals surface area (Å²) in [6, 6.07) is 3.71. The fourth-order valence-electron chi connectivity index (χ4n) is 1.69. The first-order valence-electron chi connectivity index (χ1n) is 6.71. The molecular weight excluding hydrogens is 296 g/mol. The summed E-state index contributed by atoms with van der Waals surface area (Å²) in [5.74, 6) is -0.369. The lowest BCUT2D eigenvalue weighted by Gasteiger charge is -2.09. The first kappa shape index (κ1) is 15.6. The molecule has 0 unspecified atom stereocenters. The zero-order valence-electron chi connectivity index (χ0n) is 11.4. The molecule has 21 heavy (non-hydrogen) atoms. The SMILES string of the molecule is O=C(NCCOCC1CC1)Nc1ccc(C(=O)O)cc1Cl. The second-order valence-corrected chi connectivity index (χ2v) is 5.31. The Labute approximate surface area is 127 Å². The normalized spacial score (nSPS) is 13.8. The molecule has 0 saturated heterocycles. The highest BCUT2D eigenvalue weighted by molar-refractivity contribution is 6.34. The number of carbonyl (C=O) groups is 2. The number of benzene rings is 1. The third kappa shape index (κ3) is 5.24. The molecule has 0 aromatic heterocycles. The number of aromatic carboxylic acids is 1. The summed E-state index contributed by atoms with van der Waals surface area (Å²) in [4.78, 5) is 22.4. The van der Waals surface area contributed by atoms with E-state index in [1.807, 2.05) is 0 Å². The smallest absolute Gasteiger partial charge is 0.335 e. The van der Waals surface area contributed by atoms with Gasteiger partial charge in [-0.3, -0.25) is 0 Å². The van der Waals surface area contributed by atoms with Crippen molar-refractivity contribution >= 4 is 29.3 Å². The lowest BCUT2D eigenvalue weighted by atomic mass is 10.2. The van der Waals surface area contributed by atoms with Gasteiger partial charge in [-0.05, 0) is 37.0 Å². The van der Waals surface area contributed by atoms with Crippen molar-refractivity contribution in [1.82, 2.24) is 5.32 Å². The highest BCUT2D eigenvalue weighted by Gasteiger charge is 2.20. The Morgan fingerprint density at radius 1 is 1.38 bits per heavy atom. The minimum absolute atomic E-state index is 0.0689. The zero-order chi connectivity index (χ0) is 15.2. The quantitative estimate of drug-likeness (QED) is 0.675. The molecular formula is C14H17ClN2O4. The zero-order valence-corrected chi connectivity index (χ0v) is 12.2. The minimum atomic E-state index is -1.07. The van der Waals surface area contributed by atoms with E-state index in [2.05, 4.69) is 10.6 Å². The number of rotatable bonds is 7. The molecule has 0 atom stereocenters. The number of hydrogen-bond acceptors (Lipinski definition) is 3. The fraction of sp³-hybridized carbons (Fsp3) is 0.429. The molecule has 114 valence electrons. The summed E-state index contributed by atoms with van der Waals surface area (Å²) in [7, 11) is 0. The summed E-state index contributed by atoms with van der Waals surface area (Å²) in [5, 5.41) is 14.2. The number of halogens is 1. The Morgan fingerprint density at radius 2 is 2.14 bits per heavy atom. The van der Waals surface area contributed by atoms with E-state index < -0.39 is 12.0 Å². The molecule has 0 heterocycles. The van der Waals surface area contributed by atoms with E-state index in [4.69, 9.17) is 21.4 Å². The first-order chi connectivity index (χ1) is 10.1. The van der Waals surface area contributed by atoms with Crippen LogP contribution in [-0.2, 0) is 4.74 Å². The molecule has 6 nitrogen and oxygen atoms in total. The molecule has 1 saturated carbocycles. The van der Waals surface area contributed by atoms with E-state index in [-0.39, 0.29) is 10.6 Å². The lowest BCUT2D eigenvalue weighted by Crippen LogP contribution is -2.31. The molecule has 1 aliphatic rings. The number of carboxylic acid groups (broad SMARTS) is 1. The van der Waals surface area contributed by atoms with Crippen LogP contribution in [0, 0.1) is 5.92 Å². The van der Waals surface area contributed by atoms with Crippen molar-refractivity contribution in [2.75, 3.05) is 25.1 Å². The predicted molar refractivity (Wildman–Crippen MR) is 79.0 cm³/mol. The van der Waals surface area contributed by atoms with Gasteiger partial charge in [0.05, 0.1) is 22.9 Å². The second-order valence-electron chi connectivity index (χ2n) is 4.90. The molecule has 2 rings (SSSR count). The van der Waals surface area contributed by atoms with Gasteiger partial charge < -0.3 is 20.5 Å². The molecule has 3 N–H and O–H groups in total. The van der Waals surface area contributed by atoms with E-state index in [1.54, 1.807) is 0 Å². The van der Waals surface area contributed by atoms with E-state index in [0.29, 0.717) is 24.8 Å². The van der Waals surface area contributed by atoms with Crippen LogP contribution in [-0.4, -0.2) is 36.9 Å². The van der Waals surface area contributed by atoms with E-state index in [1.165, 1.54) is 31.0 Å². The standard InChI is InChI=1S/C14H17ClN2O4/c15-11-7-10(13(18)19)3-4-12(11)17-14(20)16-5-6-21-8-9-1-2-9/h3-4,7,9H,1-2,5-6,8H2,(H,18,19)(H2,16,17,20). The summed E-state index contributed by atoms with van der Waals surface area (Å²) in [5.41, 5.74) is 0.428. The molecule has 2 amide bonds. The van der Waals surface area contributed by atoms with Gasteiger partial charge in [-0.15, -0.1) is 0 Å². The molecule has 0 spiro atoms. The van der Waals surface area contributed by atoms with Crippen LogP contribution in [0.5, 0.6) is 0 Å². The summed E-state index contributed by atoms with van der Waals surface area (Å²) < 4.78 is 5.39. The van der Waals surface area contributed by atoms with Gasteiger partial charge in [0, 0.05) is 13.2 Å². The van der Waals surface area contributed by atoms with Gasteiger partial charge >= 0.3 is 12.0 Å². The van der Waals surface area contributed by atoms with Crippen LogP contribution in [0.3, 0.4) is 0 Å². The Balaban J connectivity index is 1.72. The maximum Gasteiger partial charge on any atom is 0.335 e. The monoisotopic (exact) mass is 312 g/mol. The Hall–Kier alpha value is -1.79. The maximum atomic E-state index is 11.6. The van der Waals surface area contributed by atoms with Gasteiger partial charge in [-0.2, -0.15) is 0 Å². The van der Waals surface area contributed by atoms with Crippen molar-refractivity contribution in [3.05, 3.63) is 28.8 Å². The number of nitrogens with one attached hydrogen (secondary N) is 2. The number of carbonyl (C=O) groups excluding carboxylic acids is 1. The molecule has 1 fully saturated rings. The molecule has 1 aromatic carbocycles. The topological polar surface area (TPSA) is 87.7 Å². The lowest BCUT2D eigenvalue weighted by molar-refractivity contribution is 0.0697. The van der Waals surface area contributed by atoms with Crippen LogP contribution in [0.4, 0.5) is 10.5 Å². The number of urea groups is 1. The average Bonchev–Trinajstić information content (AvgIpc) is 3.24.